The molecule has 7 heteroatoms. The second kappa shape index (κ2) is 7.33. The lowest BCUT2D eigenvalue weighted by molar-refractivity contribution is -0.136. The lowest BCUT2D eigenvalue weighted by Gasteiger charge is -2.10. The predicted octanol–water partition coefficient (Wildman–Crippen LogP) is 1.61. The van der Waals surface area contributed by atoms with Crippen LogP contribution in [0.15, 0.2) is 18.2 Å². The van der Waals surface area contributed by atoms with Crippen molar-refractivity contribution >= 4 is 40.7 Å². The van der Waals surface area contributed by atoms with E-state index in [1.54, 1.807) is 0 Å². The molecule has 0 radical (unpaired) electrons. The summed E-state index contributed by atoms with van der Waals surface area (Å²) < 4.78 is 0. The smallest absolute Gasteiger partial charge is 0.313 e. The number of nitrogens with one attached hydrogen (secondary N) is 2. The first-order valence-electron chi connectivity index (χ1n) is 5.58. The molecule has 19 heavy (non-hydrogen) atoms. The highest BCUT2D eigenvalue weighted by Crippen LogP contribution is 2.22. The van der Waals surface area contributed by atoms with Gasteiger partial charge in [0.25, 0.3) is 0 Å². The Morgan fingerprint density at radius 2 is 1.68 bits per heavy atom. The zero-order chi connectivity index (χ0) is 14.4. The standard InChI is InChI=1S/C12H15Cl2N3O2/c1-17(2)4-3-15-11(18)12(19)16-10-6-8(13)5-9(14)7-10/h5-7H,3-4H2,1-2H3,(H,15,18)(H,16,19). The normalized spacial score (nSPS) is 10.4. The molecule has 0 saturated carbocycles. The molecule has 0 atom stereocenters. The largest absolute Gasteiger partial charge is 0.347 e. The maximum atomic E-state index is 11.6. The summed E-state index contributed by atoms with van der Waals surface area (Å²) >= 11 is 11.6. The average molecular weight is 304 g/mol. The minimum absolute atomic E-state index is 0.380. The second-order valence-electron chi connectivity index (χ2n) is 4.17. The number of anilines is 1. The van der Waals surface area contributed by atoms with Gasteiger partial charge in [-0.05, 0) is 32.3 Å². The summed E-state index contributed by atoms with van der Waals surface area (Å²) in [6.45, 7) is 1.05. The van der Waals surface area contributed by atoms with Gasteiger partial charge in [0.05, 0.1) is 0 Å². The molecule has 0 unspecified atom stereocenters. The zero-order valence-corrected chi connectivity index (χ0v) is 12.2. The summed E-state index contributed by atoms with van der Waals surface area (Å²) in [4.78, 5) is 25.0. The predicted molar refractivity (Wildman–Crippen MR) is 76.7 cm³/mol. The highest BCUT2D eigenvalue weighted by Gasteiger charge is 2.13. The number of carbonyl (C=O) groups is 2. The van der Waals surface area contributed by atoms with Crippen LogP contribution in [-0.2, 0) is 9.59 Å². The van der Waals surface area contributed by atoms with Crippen molar-refractivity contribution in [3.05, 3.63) is 28.2 Å². The van der Waals surface area contributed by atoms with E-state index in [4.69, 9.17) is 23.2 Å². The topological polar surface area (TPSA) is 61.4 Å². The monoisotopic (exact) mass is 303 g/mol. The van der Waals surface area contributed by atoms with Crippen LogP contribution in [0.25, 0.3) is 0 Å². The molecular formula is C12H15Cl2N3O2. The maximum Gasteiger partial charge on any atom is 0.313 e. The molecule has 0 heterocycles. The van der Waals surface area contributed by atoms with Crippen molar-refractivity contribution in [2.45, 2.75) is 0 Å². The number of benzene rings is 1. The Kier molecular flexibility index (Phi) is 6.08. The van der Waals surface area contributed by atoms with Gasteiger partial charge in [0, 0.05) is 28.8 Å². The van der Waals surface area contributed by atoms with Gasteiger partial charge in [-0.1, -0.05) is 23.2 Å². The van der Waals surface area contributed by atoms with E-state index in [1.165, 1.54) is 18.2 Å². The molecule has 0 aliphatic carbocycles. The van der Waals surface area contributed by atoms with E-state index in [1.807, 2.05) is 19.0 Å². The summed E-state index contributed by atoms with van der Waals surface area (Å²) in [5, 5.41) is 5.70. The molecule has 0 spiro atoms. The molecule has 1 aromatic rings. The number of rotatable bonds is 4. The number of nitrogens with zero attached hydrogens (tertiary/aromatic N) is 1. The Bertz CT molecular complexity index is 458. The molecule has 0 fully saturated rings. The summed E-state index contributed by atoms with van der Waals surface area (Å²) in [6, 6.07) is 4.56. The van der Waals surface area contributed by atoms with Crippen LogP contribution < -0.4 is 10.6 Å². The van der Waals surface area contributed by atoms with Crippen molar-refractivity contribution in [1.29, 1.82) is 0 Å². The fourth-order valence-electron chi connectivity index (χ4n) is 1.29. The van der Waals surface area contributed by atoms with Crippen LogP contribution in [0.2, 0.25) is 10.0 Å². The molecule has 0 bridgehead atoms. The van der Waals surface area contributed by atoms with Crippen LogP contribution in [0.1, 0.15) is 0 Å². The Hall–Kier alpha value is -1.30. The van der Waals surface area contributed by atoms with Crippen molar-refractivity contribution < 1.29 is 9.59 Å². The summed E-state index contributed by atoms with van der Waals surface area (Å²) in [7, 11) is 3.75. The summed E-state index contributed by atoms with van der Waals surface area (Å²) in [5.74, 6) is -1.45. The zero-order valence-electron chi connectivity index (χ0n) is 10.7. The van der Waals surface area contributed by atoms with Gasteiger partial charge in [0.2, 0.25) is 0 Å². The number of hydrogen-bond acceptors (Lipinski definition) is 3. The maximum absolute atomic E-state index is 11.6. The number of hydrogen-bond donors (Lipinski definition) is 2. The van der Waals surface area contributed by atoms with Gasteiger partial charge in [-0.15, -0.1) is 0 Å². The number of carbonyl (C=O) groups excluding carboxylic acids is 2. The van der Waals surface area contributed by atoms with Crippen LogP contribution in [0, 0.1) is 0 Å². The molecule has 5 nitrogen and oxygen atoms in total. The SMILES string of the molecule is CN(C)CCNC(=O)C(=O)Nc1cc(Cl)cc(Cl)c1. The average Bonchev–Trinajstić information content (AvgIpc) is 2.26. The third-order valence-corrected chi connectivity index (χ3v) is 2.61. The van der Waals surface area contributed by atoms with E-state index < -0.39 is 11.8 Å². The minimum Gasteiger partial charge on any atom is -0.347 e. The molecule has 2 N–H and O–H groups in total. The van der Waals surface area contributed by atoms with E-state index in [0.29, 0.717) is 28.8 Å². The van der Waals surface area contributed by atoms with Gasteiger partial charge in [-0.3, -0.25) is 9.59 Å². The molecule has 0 saturated heterocycles. The lowest BCUT2D eigenvalue weighted by atomic mass is 10.3. The van der Waals surface area contributed by atoms with Crippen molar-refractivity contribution in [3.8, 4) is 0 Å². The highest BCUT2D eigenvalue weighted by atomic mass is 35.5. The fraction of sp³-hybridized carbons (Fsp3) is 0.333. The fourth-order valence-corrected chi connectivity index (χ4v) is 1.81. The van der Waals surface area contributed by atoms with Crippen molar-refractivity contribution in [2.75, 3.05) is 32.5 Å². The van der Waals surface area contributed by atoms with Crippen molar-refractivity contribution in [3.63, 3.8) is 0 Å². The third-order valence-electron chi connectivity index (χ3n) is 2.17. The van der Waals surface area contributed by atoms with Gasteiger partial charge in [0.1, 0.15) is 0 Å². The molecule has 0 aliphatic rings. The highest BCUT2D eigenvalue weighted by molar-refractivity contribution is 6.40. The molecular weight excluding hydrogens is 289 g/mol. The van der Waals surface area contributed by atoms with Gasteiger partial charge in [-0.25, -0.2) is 0 Å². The lowest BCUT2D eigenvalue weighted by Crippen LogP contribution is -2.38. The summed E-state index contributed by atoms with van der Waals surface area (Å²) in [5.41, 5.74) is 0.380. The molecule has 2 amide bonds. The minimum atomic E-state index is -0.753. The molecule has 104 valence electrons. The van der Waals surface area contributed by atoms with Crippen LogP contribution in [0.3, 0.4) is 0 Å². The van der Waals surface area contributed by atoms with Gasteiger partial charge in [-0.2, -0.15) is 0 Å². The molecule has 0 aliphatic heterocycles. The Balaban J connectivity index is 2.52. The molecule has 1 rings (SSSR count). The van der Waals surface area contributed by atoms with E-state index >= 15 is 0 Å². The van der Waals surface area contributed by atoms with Crippen LogP contribution in [0.5, 0.6) is 0 Å². The van der Waals surface area contributed by atoms with Crippen molar-refractivity contribution in [2.24, 2.45) is 0 Å². The van der Waals surface area contributed by atoms with Gasteiger partial charge < -0.3 is 15.5 Å². The Morgan fingerprint density at radius 1 is 1.11 bits per heavy atom. The van der Waals surface area contributed by atoms with Crippen LogP contribution in [0.4, 0.5) is 5.69 Å². The summed E-state index contributed by atoms with van der Waals surface area (Å²) in [6.07, 6.45) is 0. The third kappa shape index (κ3) is 5.92. The first kappa shape index (κ1) is 15.8. The Morgan fingerprint density at radius 3 is 2.21 bits per heavy atom. The van der Waals surface area contributed by atoms with E-state index in [0.717, 1.165) is 0 Å². The van der Waals surface area contributed by atoms with Gasteiger partial charge >= 0.3 is 11.8 Å². The second-order valence-corrected chi connectivity index (χ2v) is 5.04. The number of likely N-dealkylation sites (N-methyl/N-ethyl adjacent to an activating group) is 1. The van der Waals surface area contributed by atoms with Gasteiger partial charge in [0.15, 0.2) is 0 Å². The first-order chi connectivity index (χ1) is 8.88. The van der Waals surface area contributed by atoms with E-state index in [-0.39, 0.29) is 0 Å². The van der Waals surface area contributed by atoms with Crippen molar-refractivity contribution in [1.82, 2.24) is 10.2 Å². The molecule has 0 aromatic heterocycles. The molecule has 1 aromatic carbocycles. The quantitative estimate of drug-likeness (QED) is 0.831. The number of halogens is 2. The van der Waals surface area contributed by atoms with Crippen LogP contribution >= 0.6 is 23.2 Å². The van der Waals surface area contributed by atoms with E-state index in [9.17, 15) is 9.59 Å². The Labute approximate surface area is 121 Å². The number of amides is 2. The van der Waals surface area contributed by atoms with Crippen LogP contribution in [-0.4, -0.2) is 43.9 Å². The van der Waals surface area contributed by atoms with E-state index in [2.05, 4.69) is 10.6 Å². The first-order valence-corrected chi connectivity index (χ1v) is 6.34.